The van der Waals surface area contributed by atoms with Gasteiger partial charge in [0.1, 0.15) is 16.5 Å². The zero-order chi connectivity index (χ0) is 30.4. The molecule has 41 heavy (non-hydrogen) atoms. The molecule has 0 N–H and O–H groups in total. The SMILES string of the molecule is COc1cc(CCC(F)(F)F)c(F)cc1-n1c(=O)ccc2cc(S(=O)(=O)Oc3c(F)c(F)c(F)c(F)c3F)ccc21. The third-order valence-corrected chi connectivity index (χ3v) is 7.00. The highest BCUT2D eigenvalue weighted by Crippen LogP contribution is 2.34. The topological polar surface area (TPSA) is 74.6 Å². The summed E-state index contributed by atoms with van der Waals surface area (Å²) in [6.07, 6.45) is -6.62. The highest BCUT2D eigenvalue weighted by Gasteiger charge is 2.31. The van der Waals surface area contributed by atoms with Gasteiger partial charge in [0.15, 0.2) is 0 Å². The smallest absolute Gasteiger partial charge is 0.389 e. The Morgan fingerprint density at radius 3 is 2.02 bits per heavy atom. The van der Waals surface area contributed by atoms with Crippen molar-refractivity contribution in [2.75, 3.05) is 7.11 Å². The maximum absolute atomic E-state index is 14.8. The molecule has 3 aromatic carbocycles. The molecule has 0 saturated carbocycles. The van der Waals surface area contributed by atoms with Gasteiger partial charge in [0.2, 0.25) is 34.8 Å². The summed E-state index contributed by atoms with van der Waals surface area (Å²) in [4.78, 5) is 11.9. The fraction of sp³-hybridized carbons (Fsp3) is 0.160. The number of hydrogen-bond acceptors (Lipinski definition) is 5. The van der Waals surface area contributed by atoms with Crippen molar-refractivity contribution < 1.29 is 56.9 Å². The zero-order valence-electron chi connectivity index (χ0n) is 20.3. The van der Waals surface area contributed by atoms with Crippen molar-refractivity contribution in [1.29, 1.82) is 0 Å². The summed E-state index contributed by atoms with van der Waals surface area (Å²) in [6, 6.07) is 6.32. The van der Waals surface area contributed by atoms with Crippen molar-refractivity contribution in [3.05, 3.63) is 93.3 Å². The van der Waals surface area contributed by atoms with Gasteiger partial charge in [0.05, 0.1) is 18.3 Å². The van der Waals surface area contributed by atoms with Crippen LogP contribution in [0.25, 0.3) is 16.6 Å². The predicted octanol–water partition coefficient (Wildman–Crippen LogP) is 6.10. The Morgan fingerprint density at radius 2 is 1.44 bits per heavy atom. The minimum Gasteiger partial charge on any atom is -0.495 e. The van der Waals surface area contributed by atoms with Gasteiger partial charge in [-0.05, 0) is 42.3 Å². The largest absolute Gasteiger partial charge is 0.495 e. The number of methoxy groups -OCH3 is 1. The van der Waals surface area contributed by atoms with E-state index in [0.717, 1.165) is 54.1 Å². The molecule has 0 aliphatic rings. The number of benzene rings is 3. The van der Waals surface area contributed by atoms with Crippen molar-refractivity contribution in [3.63, 3.8) is 0 Å². The molecule has 0 aliphatic carbocycles. The molecule has 0 fully saturated rings. The van der Waals surface area contributed by atoms with Crippen LogP contribution in [0.3, 0.4) is 0 Å². The van der Waals surface area contributed by atoms with E-state index in [2.05, 4.69) is 4.18 Å². The minimum atomic E-state index is -5.23. The molecule has 16 heteroatoms. The fourth-order valence-electron chi connectivity index (χ4n) is 3.84. The van der Waals surface area contributed by atoms with E-state index in [1.165, 1.54) is 0 Å². The lowest BCUT2D eigenvalue weighted by molar-refractivity contribution is -0.134. The first-order valence-electron chi connectivity index (χ1n) is 11.1. The van der Waals surface area contributed by atoms with Crippen LogP contribution in [0.2, 0.25) is 0 Å². The lowest BCUT2D eigenvalue weighted by Gasteiger charge is -2.17. The summed E-state index contributed by atoms with van der Waals surface area (Å²) in [5, 5.41) is -0.0738. The Balaban J connectivity index is 1.81. The molecule has 0 spiro atoms. The van der Waals surface area contributed by atoms with E-state index in [1.807, 2.05) is 0 Å². The number of alkyl halides is 3. The number of ether oxygens (including phenoxy) is 1. The normalized spacial score (nSPS) is 12.1. The van der Waals surface area contributed by atoms with Gasteiger partial charge < -0.3 is 8.92 Å². The average Bonchev–Trinajstić information content (AvgIpc) is 2.91. The molecule has 0 unspecified atom stereocenters. The van der Waals surface area contributed by atoms with E-state index < -0.39 is 80.2 Å². The van der Waals surface area contributed by atoms with Gasteiger partial charge in [-0.2, -0.15) is 30.4 Å². The molecule has 0 saturated heterocycles. The summed E-state index contributed by atoms with van der Waals surface area (Å²) < 4.78 is 156. The van der Waals surface area contributed by atoms with Crippen LogP contribution in [0.4, 0.5) is 39.5 Å². The number of aryl methyl sites for hydroxylation is 1. The summed E-state index contributed by atoms with van der Waals surface area (Å²) >= 11 is 0. The molecule has 4 rings (SSSR count). The van der Waals surface area contributed by atoms with Gasteiger partial charge in [-0.15, -0.1) is 0 Å². The lowest BCUT2D eigenvalue weighted by atomic mass is 10.1. The first kappa shape index (κ1) is 29.8. The Labute approximate surface area is 224 Å². The Morgan fingerprint density at radius 1 is 0.829 bits per heavy atom. The number of fused-ring (bicyclic) bond motifs is 1. The monoisotopic (exact) mass is 611 g/mol. The second kappa shape index (κ2) is 10.6. The van der Waals surface area contributed by atoms with Gasteiger partial charge in [-0.25, -0.2) is 17.6 Å². The van der Waals surface area contributed by atoms with Crippen molar-refractivity contribution in [2.24, 2.45) is 0 Å². The molecule has 4 aromatic rings. The molecule has 1 aromatic heterocycles. The highest BCUT2D eigenvalue weighted by molar-refractivity contribution is 7.87. The Kier molecular flexibility index (Phi) is 7.73. The van der Waals surface area contributed by atoms with Gasteiger partial charge in [-0.1, -0.05) is 0 Å². The quantitative estimate of drug-likeness (QED) is 0.109. The lowest BCUT2D eigenvalue weighted by Crippen LogP contribution is -2.19. The van der Waals surface area contributed by atoms with Crippen LogP contribution in [0.5, 0.6) is 11.5 Å². The first-order valence-corrected chi connectivity index (χ1v) is 12.5. The number of rotatable bonds is 7. The highest BCUT2D eigenvalue weighted by atomic mass is 32.2. The molecule has 6 nitrogen and oxygen atoms in total. The maximum atomic E-state index is 14.8. The molecular weight excluding hydrogens is 597 g/mol. The number of hydrogen-bond donors (Lipinski definition) is 0. The molecule has 0 bridgehead atoms. The summed E-state index contributed by atoms with van der Waals surface area (Å²) in [6.45, 7) is 0. The molecule has 218 valence electrons. The van der Waals surface area contributed by atoms with Crippen LogP contribution in [-0.4, -0.2) is 26.3 Å². The van der Waals surface area contributed by atoms with Gasteiger partial charge >= 0.3 is 16.3 Å². The molecule has 0 radical (unpaired) electrons. The van der Waals surface area contributed by atoms with Crippen molar-refractivity contribution in [2.45, 2.75) is 23.9 Å². The number of halogens is 9. The first-order chi connectivity index (χ1) is 19.1. The van der Waals surface area contributed by atoms with Gasteiger partial charge in [0.25, 0.3) is 5.56 Å². The van der Waals surface area contributed by atoms with E-state index in [-0.39, 0.29) is 27.9 Å². The van der Waals surface area contributed by atoms with Crippen molar-refractivity contribution in [3.8, 4) is 17.2 Å². The summed E-state index contributed by atoms with van der Waals surface area (Å²) in [5.41, 5.74) is -1.50. The molecule has 0 aliphatic heterocycles. The van der Waals surface area contributed by atoms with E-state index in [9.17, 15) is 52.7 Å². The standard InChI is InChI=1S/C25H14F9NO5S/c1-39-17-9-11(6-7-25(32,33)34)14(26)10-16(17)35-15-4-3-13(8-12(15)2-5-18(35)36)41(37,38)40-24-22(30)20(28)19(27)21(29)23(24)31/h2-5,8-10H,6-7H2,1H3. The second-order valence-corrected chi connectivity index (χ2v) is 9.94. The van der Waals surface area contributed by atoms with Crippen molar-refractivity contribution in [1.82, 2.24) is 4.57 Å². The van der Waals surface area contributed by atoms with Crippen LogP contribution >= 0.6 is 0 Å². The van der Waals surface area contributed by atoms with Gasteiger partial charge in [0, 0.05) is 23.9 Å². The molecule has 0 amide bonds. The van der Waals surface area contributed by atoms with E-state index >= 15 is 0 Å². The minimum absolute atomic E-state index is 0.0738. The fourth-order valence-corrected chi connectivity index (χ4v) is 4.80. The van der Waals surface area contributed by atoms with E-state index in [4.69, 9.17) is 4.74 Å². The third-order valence-electron chi connectivity index (χ3n) is 5.78. The van der Waals surface area contributed by atoms with Crippen molar-refractivity contribution >= 4 is 21.0 Å². The van der Waals surface area contributed by atoms with E-state index in [0.29, 0.717) is 0 Å². The Bertz CT molecular complexity index is 1820. The number of nitrogens with zero attached hydrogens (tertiary/aromatic N) is 1. The van der Waals surface area contributed by atoms with Crippen LogP contribution in [-0.2, 0) is 16.5 Å². The Hall–Kier alpha value is -4.21. The van der Waals surface area contributed by atoms with Gasteiger partial charge in [-0.3, -0.25) is 9.36 Å². The number of aromatic nitrogens is 1. The maximum Gasteiger partial charge on any atom is 0.389 e. The predicted molar refractivity (Wildman–Crippen MR) is 124 cm³/mol. The van der Waals surface area contributed by atoms with Crippen LogP contribution in [0.1, 0.15) is 12.0 Å². The summed E-state index contributed by atoms with van der Waals surface area (Å²) in [7, 11) is -4.11. The van der Waals surface area contributed by atoms with E-state index in [1.54, 1.807) is 0 Å². The summed E-state index contributed by atoms with van der Waals surface area (Å²) in [5.74, 6) is -15.9. The zero-order valence-corrected chi connectivity index (χ0v) is 21.1. The average molecular weight is 611 g/mol. The van der Waals surface area contributed by atoms with Crippen LogP contribution in [0, 0.1) is 34.9 Å². The molecular formula is C25H14F9NO5S. The number of pyridine rings is 1. The third kappa shape index (κ3) is 5.68. The molecule has 1 heterocycles. The van der Waals surface area contributed by atoms with Crippen LogP contribution < -0.4 is 14.5 Å². The molecule has 0 atom stereocenters. The van der Waals surface area contributed by atoms with Crippen LogP contribution in [0.15, 0.2) is 52.2 Å². The second-order valence-electron chi connectivity index (χ2n) is 8.39.